The monoisotopic (exact) mass is 310 g/mol. The number of hydrogen-bond acceptors (Lipinski definition) is 3. The number of aromatic nitrogens is 3. The molecule has 1 amide bonds. The van der Waals surface area contributed by atoms with Gasteiger partial charge in [-0.25, -0.2) is 9.97 Å². The molecule has 0 radical (unpaired) electrons. The average Bonchev–Trinajstić information content (AvgIpc) is 3.15. The number of carbonyl (C=O) groups excluding carboxylic acids is 1. The quantitative estimate of drug-likeness (QED) is 0.856. The molecule has 2 atom stereocenters. The molecule has 2 aliphatic rings. The van der Waals surface area contributed by atoms with E-state index in [2.05, 4.69) is 14.9 Å². The fourth-order valence-corrected chi connectivity index (χ4v) is 4.10. The van der Waals surface area contributed by atoms with E-state index >= 15 is 0 Å². The van der Waals surface area contributed by atoms with E-state index in [9.17, 15) is 4.79 Å². The molecule has 1 saturated carbocycles. The highest BCUT2D eigenvalue weighted by Gasteiger charge is 2.35. The van der Waals surface area contributed by atoms with E-state index in [1.54, 1.807) is 18.7 Å². The Morgan fingerprint density at radius 2 is 2.00 bits per heavy atom. The van der Waals surface area contributed by atoms with Crippen LogP contribution in [0.4, 0.5) is 0 Å². The van der Waals surface area contributed by atoms with E-state index in [-0.39, 0.29) is 5.91 Å². The largest absolute Gasteiger partial charge is 0.335 e. The second-order valence-corrected chi connectivity index (χ2v) is 6.63. The number of nitrogens with zero attached hydrogens (tertiary/aromatic N) is 4. The molecule has 0 bridgehead atoms. The standard InChI is InChI=1S/C18H22N4O/c23-18(22-10-3-5-14-4-1-2-6-16(14)22)15-7-8-17(20-12-15)21-11-9-19-13-21/h7-9,11-14,16H,1-6,10H2/t14-,16+/m1/s1. The Hall–Kier alpha value is -2.17. The van der Waals surface area contributed by atoms with Crippen molar-refractivity contribution in [3.63, 3.8) is 0 Å². The highest BCUT2D eigenvalue weighted by molar-refractivity contribution is 5.94. The van der Waals surface area contributed by atoms with E-state index < -0.39 is 0 Å². The number of fused-ring (bicyclic) bond motifs is 1. The third kappa shape index (κ3) is 2.76. The summed E-state index contributed by atoms with van der Waals surface area (Å²) < 4.78 is 1.84. The molecule has 1 aliphatic carbocycles. The minimum atomic E-state index is 0.145. The molecule has 1 saturated heterocycles. The van der Waals surface area contributed by atoms with Gasteiger partial charge in [0.1, 0.15) is 12.1 Å². The topological polar surface area (TPSA) is 51.0 Å². The lowest BCUT2D eigenvalue weighted by Crippen LogP contribution is -2.49. The summed E-state index contributed by atoms with van der Waals surface area (Å²) in [5.74, 6) is 1.64. The molecule has 1 aliphatic heterocycles. The number of hydrogen-bond donors (Lipinski definition) is 0. The van der Waals surface area contributed by atoms with E-state index in [0.717, 1.165) is 25.2 Å². The molecule has 0 aromatic carbocycles. The summed E-state index contributed by atoms with van der Waals surface area (Å²) in [5.41, 5.74) is 0.695. The van der Waals surface area contributed by atoms with Gasteiger partial charge in [-0.15, -0.1) is 0 Å². The molecule has 2 fully saturated rings. The number of imidazole rings is 1. The van der Waals surface area contributed by atoms with Crippen molar-refractivity contribution in [2.24, 2.45) is 5.92 Å². The maximum Gasteiger partial charge on any atom is 0.255 e. The van der Waals surface area contributed by atoms with Gasteiger partial charge < -0.3 is 4.90 Å². The second kappa shape index (κ2) is 6.14. The fraction of sp³-hybridized carbons (Fsp3) is 0.500. The van der Waals surface area contributed by atoms with Crippen LogP contribution in [0.2, 0.25) is 0 Å². The first-order valence-electron chi connectivity index (χ1n) is 8.58. The Kier molecular flexibility index (Phi) is 3.85. The normalized spacial score (nSPS) is 24.3. The summed E-state index contributed by atoms with van der Waals surface area (Å²) in [7, 11) is 0. The van der Waals surface area contributed by atoms with Crippen LogP contribution >= 0.6 is 0 Å². The molecule has 0 spiro atoms. The highest BCUT2D eigenvalue weighted by Crippen LogP contribution is 2.35. The van der Waals surface area contributed by atoms with Crippen molar-refractivity contribution in [3.05, 3.63) is 42.6 Å². The first-order chi connectivity index (χ1) is 11.3. The van der Waals surface area contributed by atoms with Crippen LogP contribution in [0.25, 0.3) is 5.82 Å². The van der Waals surface area contributed by atoms with Gasteiger partial charge in [0, 0.05) is 31.2 Å². The number of likely N-dealkylation sites (tertiary alicyclic amines) is 1. The molecular weight excluding hydrogens is 288 g/mol. The molecule has 2 aromatic rings. The lowest BCUT2D eigenvalue weighted by molar-refractivity contribution is 0.0390. The molecule has 4 rings (SSSR count). The van der Waals surface area contributed by atoms with Crippen LogP contribution in [0.3, 0.4) is 0 Å². The number of rotatable bonds is 2. The van der Waals surface area contributed by atoms with Gasteiger partial charge in [-0.2, -0.15) is 0 Å². The average molecular weight is 310 g/mol. The van der Waals surface area contributed by atoms with Crippen molar-refractivity contribution in [2.75, 3.05) is 6.54 Å². The Morgan fingerprint density at radius 1 is 1.13 bits per heavy atom. The zero-order chi connectivity index (χ0) is 15.6. The summed E-state index contributed by atoms with van der Waals surface area (Å²) >= 11 is 0. The molecule has 5 heteroatoms. The molecule has 23 heavy (non-hydrogen) atoms. The lowest BCUT2D eigenvalue weighted by atomic mass is 9.78. The van der Waals surface area contributed by atoms with E-state index in [4.69, 9.17) is 0 Å². The lowest BCUT2D eigenvalue weighted by Gasteiger charge is -2.44. The van der Waals surface area contributed by atoms with Crippen LogP contribution < -0.4 is 0 Å². The van der Waals surface area contributed by atoms with Crippen LogP contribution in [0.5, 0.6) is 0 Å². The third-order valence-electron chi connectivity index (χ3n) is 5.27. The van der Waals surface area contributed by atoms with Gasteiger partial charge in [0.25, 0.3) is 5.91 Å². The summed E-state index contributed by atoms with van der Waals surface area (Å²) in [6, 6.07) is 4.22. The van der Waals surface area contributed by atoms with Crippen molar-refractivity contribution in [3.8, 4) is 5.82 Å². The number of carbonyl (C=O) groups is 1. The summed E-state index contributed by atoms with van der Waals surface area (Å²) in [5, 5.41) is 0. The summed E-state index contributed by atoms with van der Waals surface area (Å²) in [6.45, 7) is 0.892. The van der Waals surface area contributed by atoms with Gasteiger partial charge in [0.05, 0.1) is 5.56 Å². The molecule has 5 nitrogen and oxygen atoms in total. The van der Waals surface area contributed by atoms with E-state index in [0.29, 0.717) is 17.5 Å². The minimum absolute atomic E-state index is 0.145. The molecule has 0 N–H and O–H groups in total. The van der Waals surface area contributed by atoms with Crippen LogP contribution in [0.1, 0.15) is 48.9 Å². The van der Waals surface area contributed by atoms with Crippen LogP contribution in [-0.4, -0.2) is 37.9 Å². The predicted octanol–water partition coefficient (Wildman–Crippen LogP) is 3.06. The molecule has 3 heterocycles. The smallest absolute Gasteiger partial charge is 0.255 e. The van der Waals surface area contributed by atoms with Crippen molar-refractivity contribution in [1.82, 2.24) is 19.4 Å². The molecule has 2 aromatic heterocycles. The third-order valence-corrected chi connectivity index (χ3v) is 5.27. The molecule has 0 unspecified atom stereocenters. The zero-order valence-corrected chi connectivity index (χ0v) is 13.3. The van der Waals surface area contributed by atoms with Crippen LogP contribution in [0, 0.1) is 5.92 Å². The SMILES string of the molecule is O=C(c1ccc(-n2ccnc2)nc1)N1CCC[C@H]2CCCC[C@@H]21. The van der Waals surface area contributed by atoms with Gasteiger partial charge in [0.15, 0.2) is 0 Å². The molecule has 120 valence electrons. The van der Waals surface area contributed by atoms with Crippen molar-refractivity contribution in [1.29, 1.82) is 0 Å². The van der Waals surface area contributed by atoms with Crippen molar-refractivity contribution >= 4 is 5.91 Å². The predicted molar refractivity (Wildman–Crippen MR) is 87.4 cm³/mol. The van der Waals surface area contributed by atoms with Crippen molar-refractivity contribution < 1.29 is 4.79 Å². The van der Waals surface area contributed by atoms with E-state index in [1.807, 2.05) is 22.9 Å². The van der Waals surface area contributed by atoms with Crippen LogP contribution in [0.15, 0.2) is 37.1 Å². The zero-order valence-electron chi connectivity index (χ0n) is 13.3. The Labute approximate surface area is 136 Å². The Morgan fingerprint density at radius 3 is 2.78 bits per heavy atom. The number of pyridine rings is 1. The summed E-state index contributed by atoms with van der Waals surface area (Å²) in [4.78, 5) is 23.5. The Bertz CT molecular complexity index is 663. The number of piperidine rings is 1. The van der Waals surface area contributed by atoms with Gasteiger partial charge in [0.2, 0.25) is 0 Å². The first-order valence-corrected chi connectivity index (χ1v) is 8.58. The maximum absolute atomic E-state index is 12.9. The second-order valence-electron chi connectivity index (χ2n) is 6.63. The van der Waals surface area contributed by atoms with Gasteiger partial charge >= 0.3 is 0 Å². The van der Waals surface area contributed by atoms with Gasteiger partial charge in [-0.3, -0.25) is 9.36 Å². The number of amides is 1. The highest BCUT2D eigenvalue weighted by atomic mass is 16.2. The first kappa shape index (κ1) is 14.4. The van der Waals surface area contributed by atoms with Gasteiger partial charge in [-0.05, 0) is 43.7 Å². The van der Waals surface area contributed by atoms with E-state index in [1.165, 1.54) is 25.7 Å². The maximum atomic E-state index is 12.9. The fourth-order valence-electron chi connectivity index (χ4n) is 4.10. The van der Waals surface area contributed by atoms with Crippen LogP contribution in [-0.2, 0) is 0 Å². The molecular formula is C18H22N4O. The van der Waals surface area contributed by atoms with Crippen molar-refractivity contribution in [2.45, 2.75) is 44.6 Å². The summed E-state index contributed by atoms with van der Waals surface area (Å²) in [6.07, 6.45) is 14.4. The Balaban J connectivity index is 1.54. The van der Waals surface area contributed by atoms with Gasteiger partial charge in [-0.1, -0.05) is 12.8 Å². The minimum Gasteiger partial charge on any atom is -0.335 e.